The summed E-state index contributed by atoms with van der Waals surface area (Å²) < 4.78 is 28.5. The van der Waals surface area contributed by atoms with E-state index < -0.39 is 9.84 Å². The molecular weight excluding hydrogens is 479 g/mol. The predicted molar refractivity (Wildman–Crippen MR) is 133 cm³/mol. The molecule has 2 heterocycles. The van der Waals surface area contributed by atoms with E-state index in [1.807, 2.05) is 45.0 Å². The van der Waals surface area contributed by atoms with Crippen molar-refractivity contribution < 1.29 is 8.42 Å². The summed E-state index contributed by atoms with van der Waals surface area (Å²) in [6, 6.07) is 16.2. The van der Waals surface area contributed by atoms with Gasteiger partial charge >= 0.3 is 0 Å². The highest BCUT2D eigenvalue weighted by Crippen LogP contribution is 2.29. The highest BCUT2D eigenvalue weighted by Gasteiger charge is 2.29. The molecule has 1 N–H and O–H groups in total. The smallest absolute Gasteiger partial charge is 0.212 e. The second-order valence-corrected chi connectivity index (χ2v) is 10.00. The first kappa shape index (κ1) is 25.2. The van der Waals surface area contributed by atoms with Gasteiger partial charge in [0, 0.05) is 35.1 Å². The summed E-state index contributed by atoms with van der Waals surface area (Å²) in [4.78, 5) is 5.13. The van der Waals surface area contributed by atoms with Gasteiger partial charge in [0.05, 0.1) is 10.6 Å². The van der Waals surface area contributed by atoms with Gasteiger partial charge in [-0.2, -0.15) is 5.10 Å². The second kappa shape index (κ2) is 10.2. The van der Waals surface area contributed by atoms with Crippen molar-refractivity contribution in [3.8, 4) is 0 Å². The lowest BCUT2D eigenvalue weighted by atomic mass is 10.1. The molecule has 4 aromatic rings. The number of nitrogens with zero attached hydrogens (tertiary/aromatic N) is 3. The minimum absolute atomic E-state index is 0. The molecule has 2 aromatic heterocycles. The normalized spacial score (nSPS) is 11.5. The third kappa shape index (κ3) is 4.92. The number of fused-ring (bicyclic) bond motifs is 1. The molecule has 0 aliphatic heterocycles. The Morgan fingerprint density at radius 2 is 1.76 bits per heavy atom. The van der Waals surface area contributed by atoms with Crippen LogP contribution in [0.5, 0.6) is 0 Å². The van der Waals surface area contributed by atoms with Crippen molar-refractivity contribution in [3.05, 3.63) is 87.8 Å². The minimum Gasteiger partial charge on any atom is -0.308 e. The largest absolute Gasteiger partial charge is 0.308 e. The zero-order valence-electron chi connectivity index (χ0n) is 18.7. The fourth-order valence-electron chi connectivity index (χ4n) is 3.85. The van der Waals surface area contributed by atoms with E-state index in [9.17, 15) is 8.42 Å². The van der Waals surface area contributed by atoms with Crippen molar-refractivity contribution in [1.82, 2.24) is 19.9 Å². The van der Waals surface area contributed by atoms with Crippen molar-refractivity contribution in [2.45, 2.75) is 50.1 Å². The summed E-state index contributed by atoms with van der Waals surface area (Å²) in [6.45, 7) is 6.99. The van der Waals surface area contributed by atoms with Crippen LogP contribution in [0.4, 0.5) is 0 Å². The zero-order chi connectivity index (χ0) is 22.9. The molecule has 0 bridgehead atoms. The Balaban J connectivity index is 0.00000306. The predicted octanol–water partition coefficient (Wildman–Crippen LogP) is 5.11. The van der Waals surface area contributed by atoms with E-state index in [0.29, 0.717) is 35.9 Å². The number of hydrogen-bond donors (Lipinski definition) is 1. The molecule has 0 aliphatic rings. The Hall–Kier alpha value is -2.45. The topological polar surface area (TPSA) is 76.4 Å². The summed E-state index contributed by atoms with van der Waals surface area (Å²) in [7, 11) is -3.74. The van der Waals surface area contributed by atoms with E-state index in [4.69, 9.17) is 16.6 Å². The van der Waals surface area contributed by atoms with Crippen LogP contribution < -0.4 is 5.32 Å². The molecule has 0 aliphatic carbocycles. The number of sulfone groups is 1. The first-order chi connectivity index (χ1) is 15.3. The monoisotopic (exact) mass is 504 g/mol. The molecule has 174 valence electrons. The van der Waals surface area contributed by atoms with Crippen molar-refractivity contribution >= 4 is 39.5 Å². The van der Waals surface area contributed by atoms with Gasteiger partial charge in [-0.25, -0.2) is 17.9 Å². The maximum atomic E-state index is 13.4. The highest BCUT2D eigenvalue weighted by atomic mass is 35.5. The Morgan fingerprint density at radius 3 is 2.42 bits per heavy atom. The van der Waals surface area contributed by atoms with Gasteiger partial charge in [-0.15, -0.1) is 12.4 Å². The number of halogens is 2. The molecule has 0 radical (unpaired) electrons. The fourth-order valence-corrected chi connectivity index (χ4v) is 5.68. The molecule has 0 saturated carbocycles. The van der Waals surface area contributed by atoms with Crippen molar-refractivity contribution in [2.75, 3.05) is 0 Å². The lowest BCUT2D eigenvalue weighted by Gasteiger charge is -2.13. The van der Waals surface area contributed by atoms with Crippen LogP contribution in [-0.4, -0.2) is 23.0 Å². The first-order valence-electron chi connectivity index (χ1n) is 10.5. The summed E-state index contributed by atoms with van der Waals surface area (Å²) in [5.41, 5.74) is 4.63. The Morgan fingerprint density at radius 1 is 1.03 bits per heavy atom. The molecule has 9 heteroatoms. The van der Waals surface area contributed by atoms with Gasteiger partial charge in [-0.1, -0.05) is 48.9 Å². The van der Waals surface area contributed by atoms with E-state index in [1.54, 1.807) is 34.8 Å². The lowest BCUT2D eigenvalue weighted by molar-refractivity contribution is 0.595. The number of nitrogens with one attached hydrogen (secondary N) is 1. The van der Waals surface area contributed by atoms with Crippen LogP contribution in [-0.2, 0) is 29.3 Å². The molecule has 33 heavy (non-hydrogen) atoms. The van der Waals surface area contributed by atoms with Gasteiger partial charge in [0.1, 0.15) is 4.90 Å². The van der Waals surface area contributed by atoms with Gasteiger partial charge in [0.25, 0.3) is 0 Å². The number of aromatic nitrogens is 3. The maximum absolute atomic E-state index is 13.4. The van der Waals surface area contributed by atoms with Crippen molar-refractivity contribution in [1.29, 1.82) is 0 Å². The molecule has 2 aromatic carbocycles. The molecule has 0 unspecified atom stereocenters. The van der Waals surface area contributed by atoms with Crippen LogP contribution in [0.1, 0.15) is 35.1 Å². The molecule has 0 spiro atoms. The van der Waals surface area contributed by atoms with Gasteiger partial charge in [0.2, 0.25) is 9.84 Å². The number of aryl methyl sites for hydroxylation is 3. The summed E-state index contributed by atoms with van der Waals surface area (Å²) in [5, 5.41) is 8.76. The summed E-state index contributed by atoms with van der Waals surface area (Å²) >= 11 is 6.07. The molecule has 6 nitrogen and oxygen atoms in total. The van der Waals surface area contributed by atoms with Crippen LogP contribution in [0.3, 0.4) is 0 Å². The number of hydrogen-bond acceptors (Lipinski definition) is 5. The van der Waals surface area contributed by atoms with Gasteiger partial charge in [-0.05, 0) is 50.1 Å². The fraction of sp³-hybridized carbons (Fsp3) is 0.250. The van der Waals surface area contributed by atoms with Crippen LogP contribution in [0, 0.1) is 13.8 Å². The third-order valence-electron chi connectivity index (χ3n) is 5.53. The van der Waals surface area contributed by atoms with E-state index in [2.05, 4.69) is 10.4 Å². The van der Waals surface area contributed by atoms with Gasteiger partial charge in [-0.3, -0.25) is 0 Å². The Labute approximate surface area is 205 Å². The SMILES string of the molecule is CCc1nn2c(C)c(CNCc3cccc(Cl)c3)c(C)nc2c1S(=O)(=O)c1ccccc1.Cl. The lowest BCUT2D eigenvalue weighted by Crippen LogP contribution is -2.17. The summed E-state index contributed by atoms with van der Waals surface area (Å²) in [5.74, 6) is 0. The van der Waals surface area contributed by atoms with Crippen molar-refractivity contribution in [2.24, 2.45) is 0 Å². The third-order valence-corrected chi connectivity index (χ3v) is 7.61. The molecule has 0 fully saturated rings. The number of benzene rings is 2. The molecular formula is C24H26Cl2N4O2S. The Kier molecular flexibility index (Phi) is 7.80. The Bertz CT molecular complexity index is 1390. The average Bonchev–Trinajstić information content (AvgIpc) is 3.16. The quantitative estimate of drug-likeness (QED) is 0.378. The molecule has 0 saturated heterocycles. The molecule has 0 amide bonds. The highest BCUT2D eigenvalue weighted by molar-refractivity contribution is 7.91. The van der Waals surface area contributed by atoms with Gasteiger partial charge < -0.3 is 5.32 Å². The van der Waals surface area contributed by atoms with E-state index in [-0.39, 0.29) is 22.2 Å². The first-order valence-corrected chi connectivity index (χ1v) is 12.3. The average molecular weight is 505 g/mol. The summed E-state index contributed by atoms with van der Waals surface area (Å²) in [6.07, 6.45) is 0.492. The van der Waals surface area contributed by atoms with E-state index >= 15 is 0 Å². The molecule has 4 rings (SSSR count). The zero-order valence-corrected chi connectivity index (χ0v) is 21.1. The van der Waals surface area contributed by atoms with Crippen LogP contribution in [0.2, 0.25) is 5.02 Å². The standard InChI is InChI=1S/C24H25ClN4O2S.ClH/c1-4-22-23(32(30,31)20-11-6-5-7-12-20)24-27-16(2)21(17(3)29(24)28-22)15-26-14-18-9-8-10-19(25)13-18;/h5-13,26H,4,14-15H2,1-3H3;1H. The van der Waals surface area contributed by atoms with E-state index in [0.717, 1.165) is 22.5 Å². The number of rotatable bonds is 7. The van der Waals surface area contributed by atoms with Crippen LogP contribution in [0.25, 0.3) is 5.65 Å². The van der Waals surface area contributed by atoms with Crippen LogP contribution in [0.15, 0.2) is 64.4 Å². The van der Waals surface area contributed by atoms with Crippen molar-refractivity contribution in [3.63, 3.8) is 0 Å². The van der Waals surface area contributed by atoms with Crippen LogP contribution >= 0.6 is 24.0 Å². The minimum atomic E-state index is -3.74. The molecule has 0 atom stereocenters. The second-order valence-electron chi connectivity index (χ2n) is 7.68. The van der Waals surface area contributed by atoms with E-state index in [1.165, 1.54) is 0 Å². The maximum Gasteiger partial charge on any atom is 0.212 e. The van der Waals surface area contributed by atoms with Gasteiger partial charge in [0.15, 0.2) is 5.65 Å².